The van der Waals surface area contributed by atoms with Crippen molar-refractivity contribution in [1.29, 1.82) is 0 Å². The topological polar surface area (TPSA) is 60.2 Å². The molecule has 2 saturated heterocycles. The van der Waals surface area contributed by atoms with Crippen LogP contribution in [0, 0.1) is 5.92 Å². The van der Waals surface area contributed by atoms with Crippen LogP contribution in [0.1, 0.15) is 32.5 Å². The Balaban J connectivity index is 1.60. The van der Waals surface area contributed by atoms with Gasteiger partial charge in [0.2, 0.25) is 0 Å². The number of rotatable bonds is 5. The van der Waals surface area contributed by atoms with Crippen LogP contribution in [0.3, 0.4) is 0 Å². The summed E-state index contributed by atoms with van der Waals surface area (Å²) in [5, 5.41) is 4.21. The van der Waals surface area contributed by atoms with Gasteiger partial charge >= 0.3 is 0 Å². The molecule has 21 heavy (non-hydrogen) atoms. The van der Waals surface area contributed by atoms with Crippen LogP contribution in [0.4, 0.5) is 0 Å². The van der Waals surface area contributed by atoms with E-state index >= 15 is 0 Å². The second kappa shape index (κ2) is 6.23. The molecule has 6 nitrogen and oxygen atoms in total. The van der Waals surface area contributed by atoms with Gasteiger partial charge in [-0.15, -0.1) is 0 Å². The molecule has 2 atom stereocenters. The molecule has 1 aromatic rings. The van der Waals surface area contributed by atoms with E-state index in [1.54, 1.807) is 0 Å². The summed E-state index contributed by atoms with van der Waals surface area (Å²) in [6, 6.07) is 0.527. The second-order valence-corrected chi connectivity index (χ2v) is 6.51. The fourth-order valence-electron chi connectivity index (χ4n) is 3.20. The van der Waals surface area contributed by atoms with E-state index in [1.165, 1.54) is 19.2 Å². The molecule has 3 heterocycles. The first kappa shape index (κ1) is 14.7. The third-order valence-electron chi connectivity index (χ3n) is 4.31. The largest absolute Gasteiger partial charge is 0.367 e. The summed E-state index contributed by atoms with van der Waals surface area (Å²) < 4.78 is 7.61. The molecule has 0 aliphatic carbocycles. The molecule has 0 amide bonds. The van der Waals surface area contributed by atoms with E-state index in [2.05, 4.69) is 28.8 Å². The van der Waals surface area contributed by atoms with Gasteiger partial charge in [-0.3, -0.25) is 9.69 Å². The van der Waals surface area contributed by atoms with E-state index in [4.69, 9.17) is 4.74 Å². The number of hydrogen-bond donors (Lipinski definition) is 0. The summed E-state index contributed by atoms with van der Waals surface area (Å²) in [7, 11) is 0. The van der Waals surface area contributed by atoms with Crippen molar-refractivity contribution in [2.75, 3.05) is 19.7 Å². The highest BCUT2D eigenvalue weighted by atomic mass is 16.5. The third-order valence-corrected chi connectivity index (χ3v) is 4.31. The summed E-state index contributed by atoms with van der Waals surface area (Å²) >= 11 is 0. The maximum Gasteiger partial charge on any atom is 0.170 e. The Labute approximate surface area is 125 Å². The molecule has 3 rings (SSSR count). The molecule has 2 aliphatic heterocycles. The number of hydrogen-bond acceptors (Lipinski definition) is 5. The minimum Gasteiger partial charge on any atom is -0.367 e. The number of aromatic nitrogens is 3. The smallest absolute Gasteiger partial charge is 0.170 e. The molecule has 0 aromatic carbocycles. The number of Topliss-reactive ketones (excluding diaryl/α,β-unsaturated/α-hetero) is 1. The molecular formula is C15H24N4O2. The third kappa shape index (κ3) is 3.32. The molecule has 6 heteroatoms. The molecule has 0 radical (unpaired) electrons. The van der Waals surface area contributed by atoms with Gasteiger partial charge in [0.25, 0.3) is 0 Å². The van der Waals surface area contributed by atoms with E-state index in [9.17, 15) is 4.79 Å². The van der Waals surface area contributed by atoms with E-state index in [0.717, 1.165) is 25.5 Å². The fraction of sp³-hybridized carbons (Fsp3) is 0.800. The van der Waals surface area contributed by atoms with Gasteiger partial charge < -0.3 is 4.74 Å². The van der Waals surface area contributed by atoms with Crippen LogP contribution in [-0.2, 0) is 22.5 Å². The average molecular weight is 292 g/mol. The molecule has 2 fully saturated rings. The SMILES string of the molecule is CC(C)Cn1ncnc1CC(=O)C1CN2CCCC2CO1. The van der Waals surface area contributed by atoms with E-state index < -0.39 is 0 Å². The Bertz CT molecular complexity index is 500. The Morgan fingerprint density at radius 3 is 3.19 bits per heavy atom. The van der Waals surface area contributed by atoms with Crippen LogP contribution in [-0.4, -0.2) is 57.3 Å². The van der Waals surface area contributed by atoms with Crippen molar-refractivity contribution in [2.24, 2.45) is 5.92 Å². The highest BCUT2D eigenvalue weighted by Gasteiger charge is 2.35. The van der Waals surface area contributed by atoms with Crippen LogP contribution in [0.2, 0.25) is 0 Å². The molecule has 0 spiro atoms. The lowest BCUT2D eigenvalue weighted by molar-refractivity contribution is -0.137. The van der Waals surface area contributed by atoms with Crippen molar-refractivity contribution in [3.8, 4) is 0 Å². The van der Waals surface area contributed by atoms with Gasteiger partial charge in [-0.2, -0.15) is 5.10 Å². The summed E-state index contributed by atoms with van der Waals surface area (Å²) in [6.45, 7) is 7.58. The second-order valence-electron chi connectivity index (χ2n) is 6.51. The van der Waals surface area contributed by atoms with E-state index in [1.807, 2.05) is 4.68 Å². The van der Waals surface area contributed by atoms with Crippen molar-refractivity contribution in [3.63, 3.8) is 0 Å². The minimum absolute atomic E-state index is 0.123. The van der Waals surface area contributed by atoms with Gasteiger partial charge in [-0.05, 0) is 25.3 Å². The monoisotopic (exact) mass is 292 g/mol. The predicted molar refractivity (Wildman–Crippen MR) is 77.9 cm³/mol. The van der Waals surface area contributed by atoms with Gasteiger partial charge in [0.15, 0.2) is 5.78 Å². The first-order valence-corrected chi connectivity index (χ1v) is 7.88. The van der Waals surface area contributed by atoms with Crippen molar-refractivity contribution in [3.05, 3.63) is 12.2 Å². The number of ether oxygens (including phenoxy) is 1. The zero-order valence-electron chi connectivity index (χ0n) is 12.9. The highest BCUT2D eigenvalue weighted by Crippen LogP contribution is 2.23. The van der Waals surface area contributed by atoms with Crippen LogP contribution >= 0.6 is 0 Å². The van der Waals surface area contributed by atoms with Crippen LogP contribution < -0.4 is 0 Å². The maximum absolute atomic E-state index is 12.5. The van der Waals surface area contributed by atoms with Crippen LogP contribution in [0.25, 0.3) is 0 Å². The van der Waals surface area contributed by atoms with Crippen LogP contribution in [0.15, 0.2) is 6.33 Å². The standard InChI is InChI=1S/C15H24N4O2/c1-11(2)7-19-15(16-10-17-19)6-13(20)14-8-18-5-3-4-12(18)9-21-14/h10-12,14H,3-9H2,1-2H3. The summed E-state index contributed by atoms with van der Waals surface area (Å²) in [5.41, 5.74) is 0. The molecule has 1 aromatic heterocycles. The molecule has 2 aliphatic rings. The Kier molecular flexibility index (Phi) is 4.35. The Hall–Kier alpha value is -1.27. The number of fused-ring (bicyclic) bond motifs is 1. The van der Waals surface area contributed by atoms with Crippen molar-refractivity contribution in [1.82, 2.24) is 19.7 Å². The molecular weight excluding hydrogens is 268 g/mol. The normalized spacial score (nSPS) is 26.2. The lowest BCUT2D eigenvalue weighted by Crippen LogP contribution is -2.49. The van der Waals surface area contributed by atoms with Crippen molar-refractivity contribution < 1.29 is 9.53 Å². The molecule has 116 valence electrons. The summed E-state index contributed by atoms with van der Waals surface area (Å²) in [5.74, 6) is 1.36. The first-order chi connectivity index (χ1) is 10.1. The van der Waals surface area contributed by atoms with Gasteiger partial charge in [0.1, 0.15) is 18.3 Å². The first-order valence-electron chi connectivity index (χ1n) is 7.88. The number of nitrogens with zero attached hydrogens (tertiary/aromatic N) is 4. The predicted octanol–water partition coefficient (Wildman–Crippen LogP) is 0.909. The lowest BCUT2D eigenvalue weighted by Gasteiger charge is -2.34. The quantitative estimate of drug-likeness (QED) is 0.807. The Morgan fingerprint density at radius 1 is 1.52 bits per heavy atom. The van der Waals surface area contributed by atoms with Gasteiger partial charge in [-0.25, -0.2) is 9.67 Å². The Morgan fingerprint density at radius 2 is 2.38 bits per heavy atom. The lowest BCUT2D eigenvalue weighted by atomic mass is 10.1. The molecule has 0 N–H and O–H groups in total. The van der Waals surface area contributed by atoms with E-state index in [-0.39, 0.29) is 11.9 Å². The number of carbonyl (C=O) groups is 1. The minimum atomic E-state index is -0.302. The highest BCUT2D eigenvalue weighted by molar-refractivity contribution is 5.85. The molecule has 0 saturated carbocycles. The summed E-state index contributed by atoms with van der Waals surface area (Å²) in [4.78, 5) is 19.1. The van der Waals surface area contributed by atoms with Gasteiger partial charge in [-0.1, -0.05) is 13.8 Å². The van der Waals surface area contributed by atoms with Gasteiger partial charge in [0.05, 0.1) is 13.0 Å². The van der Waals surface area contributed by atoms with Crippen molar-refractivity contribution in [2.45, 2.75) is 51.8 Å². The van der Waals surface area contributed by atoms with Crippen molar-refractivity contribution >= 4 is 5.78 Å². The zero-order chi connectivity index (χ0) is 14.8. The summed E-state index contributed by atoms with van der Waals surface area (Å²) in [6.07, 6.45) is 3.96. The molecule has 2 unspecified atom stereocenters. The molecule has 0 bridgehead atoms. The fourth-order valence-corrected chi connectivity index (χ4v) is 3.20. The maximum atomic E-state index is 12.5. The number of carbonyl (C=O) groups excluding carboxylic acids is 1. The average Bonchev–Trinajstić information content (AvgIpc) is 3.06. The number of ketones is 1. The number of morpholine rings is 1. The van der Waals surface area contributed by atoms with E-state index in [0.29, 0.717) is 25.0 Å². The zero-order valence-corrected chi connectivity index (χ0v) is 12.9. The van der Waals surface area contributed by atoms with Gasteiger partial charge in [0, 0.05) is 19.1 Å². The van der Waals surface area contributed by atoms with Crippen LogP contribution in [0.5, 0.6) is 0 Å².